The number of allylic oxidation sites excluding steroid dienone is 1. The number of aromatic carboxylic acids is 2. The van der Waals surface area contributed by atoms with Gasteiger partial charge in [0.05, 0.1) is 11.1 Å². The Morgan fingerprint density at radius 3 is 1.38 bits per heavy atom. The summed E-state index contributed by atoms with van der Waals surface area (Å²) in [4.78, 5) is 21.7. The summed E-state index contributed by atoms with van der Waals surface area (Å²) in [6.07, 6.45) is 1.74. The van der Waals surface area contributed by atoms with Crippen LogP contribution in [0.2, 0.25) is 0 Å². The Hall–Kier alpha value is -2.88. The minimum Gasteiger partial charge on any atom is -0.478 e. The third-order valence-corrected chi connectivity index (χ3v) is 3.27. The van der Waals surface area contributed by atoms with Crippen LogP contribution in [0, 0.1) is 0 Å². The minimum atomic E-state index is -0.970. The van der Waals surface area contributed by atoms with E-state index in [2.05, 4.69) is 6.58 Å². The predicted molar refractivity (Wildman–Crippen MR) is 78.8 cm³/mol. The van der Waals surface area contributed by atoms with Crippen LogP contribution >= 0.6 is 0 Å². The highest BCUT2D eigenvalue weighted by Gasteiger charge is 2.12. The number of hydrogen-bond acceptors (Lipinski definition) is 2. The zero-order valence-corrected chi connectivity index (χ0v) is 11.2. The van der Waals surface area contributed by atoms with Crippen molar-refractivity contribution in [2.45, 2.75) is 5.92 Å². The molecule has 0 spiro atoms. The molecule has 0 saturated carbocycles. The molecule has 0 bridgehead atoms. The second-order valence-corrected chi connectivity index (χ2v) is 4.57. The standard InChI is InChI=1S/C17H14O4/c1-2-15(11-3-7-13(8-4-11)16(18)19)12-5-9-14(10-6-12)17(20)21/h2-10,15H,1H2,(H,18,19)(H,20,21). The maximum Gasteiger partial charge on any atom is 0.335 e. The molecular formula is C17H14O4. The zero-order valence-electron chi connectivity index (χ0n) is 11.2. The molecule has 4 heteroatoms. The van der Waals surface area contributed by atoms with E-state index in [9.17, 15) is 9.59 Å². The van der Waals surface area contributed by atoms with E-state index < -0.39 is 11.9 Å². The molecule has 0 unspecified atom stereocenters. The molecule has 0 amide bonds. The van der Waals surface area contributed by atoms with Gasteiger partial charge in [-0.05, 0) is 35.4 Å². The molecule has 2 aromatic carbocycles. The van der Waals surface area contributed by atoms with Crippen molar-refractivity contribution in [3.63, 3.8) is 0 Å². The summed E-state index contributed by atoms with van der Waals surface area (Å²) < 4.78 is 0. The van der Waals surface area contributed by atoms with Gasteiger partial charge in [0.2, 0.25) is 0 Å². The summed E-state index contributed by atoms with van der Waals surface area (Å²) in [5.41, 5.74) is 2.25. The van der Waals surface area contributed by atoms with Crippen LogP contribution in [0.4, 0.5) is 0 Å². The first-order valence-corrected chi connectivity index (χ1v) is 6.32. The summed E-state index contributed by atoms with van der Waals surface area (Å²) in [7, 11) is 0. The van der Waals surface area contributed by atoms with Gasteiger partial charge < -0.3 is 10.2 Å². The van der Waals surface area contributed by atoms with Crippen LogP contribution < -0.4 is 0 Å². The molecule has 0 aromatic heterocycles. The molecule has 0 atom stereocenters. The van der Waals surface area contributed by atoms with Crippen LogP contribution in [0.1, 0.15) is 37.8 Å². The lowest BCUT2D eigenvalue weighted by atomic mass is 9.90. The summed E-state index contributed by atoms with van der Waals surface area (Å²) in [6.45, 7) is 3.80. The Morgan fingerprint density at radius 1 is 0.810 bits per heavy atom. The third kappa shape index (κ3) is 3.17. The summed E-state index contributed by atoms with van der Waals surface area (Å²) >= 11 is 0. The maximum atomic E-state index is 10.8. The van der Waals surface area contributed by atoms with Crippen molar-refractivity contribution < 1.29 is 19.8 Å². The first-order chi connectivity index (χ1) is 10.0. The van der Waals surface area contributed by atoms with E-state index in [1.165, 1.54) is 0 Å². The van der Waals surface area contributed by atoms with Crippen molar-refractivity contribution in [1.29, 1.82) is 0 Å². The second kappa shape index (κ2) is 6.05. The van der Waals surface area contributed by atoms with Crippen molar-refractivity contribution in [3.05, 3.63) is 83.4 Å². The predicted octanol–water partition coefficient (Wildman–Crippen LogP) is 3.40. The Labute approximate surface area is 122 Å². The number of hydrogen-bond donors (Lipinski definition) is 2. The molecular weight excluding hydrogens is 268 g/mol. The van der Waals surface area contributed by atoms with Gasteiger partial charge in [-0.25, -0.2) is 9.59 Å². The SMILES string of the molecule is C=CC(c1ccc(C(=O)O)cc1)c1ccc(C(=O)O)cc1. The van der Waals surface area contributed by atoms with E-state index in [0.29, 0.717) is 0 Å². The number of carboxylic acids is 2. The highest BCUT2D eigenvalue weighted by atomic mass is 16.4. The maximum absolute atomic E-state index is 10.8. The molecule has 2 rings (SSSR count). The lowest BCUT2D eigenvalue weighted by Gasteiger charge is -2.14. The highest BCUT2D eigenvalue weighted by Crippen LogP contribution is 2.26. The molecule has 4 nitrogen and oxygen atoms in total. The fraction of sp³-hybridized carbons (Fsp3) is 0.0588. The summed E-state index contributed by atoms with van der Waals surface area (Å²) in [5.74, 6) is -2.05. The van der Waals surface area contributed by atoms with Crippen LogP contribution in [0.5, 0.6) is 0 Å². The summed E-state index contributed by atoms with van der Waals surface area (Å²) in [5, 5.41) is 17.8. The zero-order chi connectivity index (χ0) is 15.4. The third-order valence-electron chi connectivity index (χ3n) is 3.27. The van der Waals surface area contributed by atoms with Crippen LogP contribution in [0.15, 0.2) is 61.2 Å². The smallest absolute Gasteiger partial charge is 0.335 e. The topological polar surface area (TPSA) is 74.6 Å². The van der Waals surface area contributed by atoms with Crippen molar-refractivity contribution >= 4 is 11.9 Å². The van der Waals surface area contributed by atoms with E-state index in [-0.39, 0.29) is 17.0 Å². The van der Waals surface area contributed by atoms with E-state index in [0.717, 1.165) is 11.1 Å². The molecule has 0 fully saturated rings. The van der Waals surface area contributed by atoms with Crippen LogP contribution in [-0.2, 0) is 0 Å². The molecule has 0 aliphatic carbocycles. The number of carbonyl (C=O) groups is 2. The van der Waals surface area contributed by atoms with E-state index in [1.807, 2.05) is 0 Å². The number of carboxylic acid groups (broad SMARTS) is 2. The number of benzene rings is 2. The first-order valence-electron chi connectivity index (χ1n) is 6.32. The molecule has 2 N–H and O–H groups in total. The van der Waals surface area contributed by atoms with Gasteiger partial charge in [-0.2, -0.15) is 0 Å². The molecule has 21 heavy (non-hydrogen) atoms. The van der Waals surface area contributed by atoms with Gasteiger partial charge in [-0.1, -0.05) is 30.3 Å². The largest absolute Gasteiger partial charge is 0.478 e. The van der Waals surface area contributed by atoms with Crippen molar-refractivity contribution in [2.24, 2.45) is 0 Å². The van der Waals surface area contributed by atoms with Crippen molar-refractivity contribution in [3.8, 4) is 0 Å². The van der Waals surface area contributed by atoms with Gasteiger partial charge in [0.15, 0.2) is 0 Å². The normalized spacial score (nSPS) is 10.3. The summed E-state index contributed by atoms with van der Waals surface area (Å²) in [6, 6.07) is 13.1. The van der Waals surface area contributed by atoms with E-state index in [1.54, 1.807) is 54.6 Å². The molecule has 0 aliphatic rings. The lowest BCUT2D eigenvalue weighted by Crippen LogP contribution is -2.01. The van der Waals surface area contributed by atoms with Gasteiger partial charge in [-0.3, -0.25) is 0 Å². The fourth-order valence-corrected chi connectivity index (χ4v) is 2.13. The van der Waals surface area contributed by atoms with E-state index in [4.69, 9.17) is 10.2 Å². The van der Waals surface area contributed by atoms with Gasteiger partial charge in [-0.15, -0.1) is 6.58 Å². The number of rotatable bonds is 5. The highest BCUT2D eigenvalue weighted by molar-refractivity contribution is 5.88. The van der Waals surface area contributed by atoms with Gasteiger partial charge in [0.1, 0.15) is 0 Å². The monoisotopic (exact) mass is 282 g/mol. The van der Waals surface area contributed by atoms with Crippen molar-refractivity contribution in [2.75, 3.05) is 0 Å². The molecule has 0 aliphatic heterocycles. The van der Waals surface area contributed by atoms with E-state index >= 15 is 0 Å². The Morgan fingerprint density at radius 2 is 1.14 bits per heavy atom. The Balaban J connectivity index is 2.32. The van der Waals surface area contributed by atoms with Gasteiger partial charge >= 0.3 is 11.9 Å². The molecule has 0 saturated heterocycles. The Bertz CT molecular complexity index is 611. The molecule has 0 radical (unpaired) electrons. The Kier molecular flexibility index (Phi) is 4.18. The quantitative estimate of drug-likeness (QED) is 0.824. The average Bonchev–Trinajstić information content (AvgIpc) is 2.49. The van der Waals surface area contributed by atoms with Crippen LogP contribution in [0.3, 0.4) is 0 Å². The van der Waals surface area contributed by atoms with Crippen molar-refractivity contribution in [1.82, 2.24) is 0 Å². The first kappa shape index (κ1) is 14.5. The average molecular weight is 282 g/mol. The van der Waals surface area contributed by atoms with Gasteiger partial charge in [0.25, 0.3) is 0 Å². The molecule has 106 valence electrons. The van der Waals surface area contributed by atoms with Crippen LogP contribution in [-0.4, -0.2) is 22.2 Å². The van der Waals surface area contributed by atoms with Crippen LogP contribution in [0.25, 0.3) is 0 Å². The molecule has 2 aromatic rings. The lowest BCUT2D eigenvalue weighted by molar-refractivity contribution is 0.0686. The van der Waals surface area contributed by atoms with Gasteiger partial charge in [0, 0.05) is 5.92 Å². The molecule has 0 heterocycles. The fourth-order valence-electron chi connectivity index (χ4n) is 2.13. The second-order valence-electron chi connectivity index (χ2n) is 4.57. The minimum absolute atomic E-state index is 0.115.